The first-order valence-corrected chi connectivity index (χ1v) is 9.54. The lowest BCUT2D eigenvalue weighted by atomic mass is 10.1. The zero-order valence-corrected chi connectivity index (χ0v) is 16.7. The smallest absolute Gasteiger partial charge is 0.270 e. The van der Waals surface area contributed by atoms with E-state index in [4.69, 9.17) is 32.7 Å². The first kappa shape index (κ1) is 20.1. The van der Waals surface area contributed by atoms with E-state index in [0.29, 0.717) is 34.4 Å². The highest BCUT2D eigenvalue weighted by molar-refractivity contribution is 6.42. The van der Waals surface area contributed by atoms with E-state index < -0.39 is 6.10 Å². The van der Waals surface area contributed by atoms with Crippen molar-refractivity contribution in [3.8, 4) is 11.5 Å². The monoisotopic (exact) mass is 415 g/mol. The topological polar surface area (TPSA) is 47.6 Å². The molecule has 1 N–H and O–H groups in total. The van der Waals surface area contributed by atoms with Gasteiger partial charge in [0.2, 0.25) is 6.10 Å². The third kappa shape index (κ3) is 4.77. The summed E-state index contributed by atoms with van der Waals surface area (Å²) in [5.41, 5.74) is 1.25. The second-order valence-electron chi connectivity index (χ2n) is 5.88. The second kappa shape index (κ2) is 9.49. The largest absolute Gasteiger partial charge is 0.492 e. The first-order valence-electron chi connectivity index (χ1n) is 8.78. The van der Waals surface area contributed by atoms with Crippen molar-refractivity contribution in [2.24, 2.45) is 0 Å². The molecule has 0 aliphatic heterocycles. The summed E-state index contributed by atoms with van der Waals surface area (Å²) >= 11 is 12.3. The Morgan fingerprint density at radius 2 is 1.61 bits per heavy atom. The molecule has 3 rings (SSSR count). The maximum absolute atomic E-state index is 13.1. The maximum Gasteiger partial charge on any atom is 0.270 e. The average Bonchev–Trinajstić information content (AvgIpc) is 2.71. The molecule has 1 amide bonds. The van der Waals surface area contributed by atoms with Gasteiger partial charge >= 0.3 is 0 Å². The lowest BCUT2D eigenvalue weighted by molar-refractivity contribution is -0.123. The number of amides is 1. The van der Waals surface area contributed by atoms with Crippen molar-refractivity contribution in [1.82, 2.24) is 0 Å². The molecule has 0 bridgehead atoms. The van der Waals surface area contributed by atoms with E-state index in [1.807, 2.05) is 49.4 Å². The summed E-state index contributed by atoms with van der Waals surface area (Å²) in [6, 6.07) is 21.5. The van der Waals surface area contributed by atoms with Crippen LogP contribution in [0.1, 0.15) is 18.6 Å². The minimum Gasteiger partial charge on any atom is -0.492 e. The van der Waals surface area contributed by atoms with E-state index in [9.17, 15) is 4.79 Å². The summed E-state index contributed by atoms with van der Waals surface area (Å²) in [5.74, 6) is 0.566. The molecule has 28 heavy (non-hydrogen) atoms. The Morgan fingerprint density at radius 3 is 2.36 bits per heavy atom. The summed E-state index contributed by atoms with van der Waals surface area (Å²) in [4.78, 5) is 13.1. The van der Waals surface area contributed by atoms with Gasteiger partial charge in [0.05, 0.1) is 17.3 Å². The molecule has 0 saturated carbocycles. The van der Waals surface area contributed by atoms with E-state index in [2.05, 4.69) is 5.32 Å². The lowest BCUT2D eigenvalue weighted by Crippen LogP contribution is -2.26. The Bertz CT molecular complexity index is 948. The number of halogens is 2. The fraction of sp³-hybridized carbons (Fsp3) is 0.136. The van der Waals surface area contributed by atoms with Crippen LogP contribution < -0.4 is 14.8 Å². The van der Waals surface area contributed by atoms with Gasteiger partial charge in [-0.15, -0.1) is 0 Å². The molecule has 0 radical (unpaired) electrons. The Balaban J connectivity index is 1.91. The number of ether oxygens (including phenoxy) is 2. The molecule has 4 nitrogen and oxygen atoms in total. The molecule has 0 saturated heterocycles. The molecule has 0 spiro atoms. The predicted molar refractivity (Wildman–Crippen MR) is 113 cm³/mol. The molecule has 3 aromatic carbocycles. The number of anilines is 1. The zero-order valence-electron chi connectivity index (χ0n) is 15.2. The molecule has 0 heterocycles. The minimum absolute atomic E-state index is 0.257. The Morgan fingerprint density at radius 1 is 0.929 bits per heavy atom. The summed E-state index contributed by atoms with van der Waals surface area (Å²) in [6.45, 7) is 2.37. The Labute approximate surface area is 174 Å². The number of benzene rings is 3. The third-order valence-corrected chi connectivity index (χ3v) is 4.75. The fourth-order valence-corrected chi connectivity index (χ4v) is 2.99. The molecule has 0 aromatic heterocycles. The van der Waals surface area contributed by atoms with Crippen LogP contribution in [0, 0.1) is 0 Å². The molecule has 3 aromatic rings. The Hall–Kier alpha value is -2.69. The van der Waals surface area contributed by atoms with Crippen molar-refractivity contribution in [2.75, 3.05) is 11.9 Å². The van der Waals surface area contributed by atoms with E-state index in [-0.39, 0.29) is 10.9 Å². The van der Waals surface area contributed by atoms with E-state index >= 15 is 0 Å². The molecule has 0 aliphatic carbocycles. The second-order valence-corrected chi connectivity index (χ2v) is 6.66. The van der Waals surface area contributed by atoms with E-state index in [1.165, 1.54) is 0 Å². The van der Waals surface area contributed by atoms with Gasteiger partial charge in [0.1, 0.15) is 16.5 Å². The van der Waals surface area contributed by atoms with Crippen LogP contribution in [0.15, 0.2) is 72.8 Å². The first-order chi connectivity index (χ1) is 13.6. The molecular formula is C22H19Cl2NO3. The predicted octanol–water partition coefficient (Wildman–Crippen LogP) is 6.15. The summed E-state index contributed by atoms with van der Waals surface area (Å²) in [7, 11) is 0. The van der Waals surface area contributed by atoms with Crippen LogP contribution in [0.5, 0.6) is 11.5 Å². The number of para-hydroxylation sites is 2. The highest BCUT2D eigenvalue weighted by Gasteiger charge is 2.25. The average molecular weight is 416 g/mol. The van der Waals surface area contributed by atoms with Crippen molar-refractivity contribution in [3.63, 3.8) is 0 Å². The molecule has 144 valence electrons. The van der Waals surface area contributed by atoms with Gasteiger partial charge in [-0.2, -0.15) is 0 Å². The minimum atomic E-state index is -0.924. The van der Waals surface area contributed by atoms with Gasteiger partial charge in [-0.1, -0.05) is 71.7 Å². The standard InChI is InChI=1S/C22H19Cl2NO3/c1-2-27-18-13-7-6-12-17(18)25-22(26)21(15-9-4-3-5-10-15)28-19-14-8-11-16(23)20(19)24/h3-14,21H,2H2,1H3,(H,25,26)/t21-/m1/s1. The van der Waals surface area contributed by atoms with Gasteiger partial charge in [0, 0.05) is 5.56 Å². The quantitative estimate of drug-likeness (QED) is 0.503. The van der Waals surface area contributed by atoms with Crippen LogP contribution in [-0.4, -0.2) is 12.5 Å². The highest BCUT2D eigenvalue weighted by Crippen LogP contribution is 2.35. The van der Waals surface area contributed by atoms with E-state index in [1.54, 1.807) is 30.3 Å². The van der Waals surface area contributed by atoms with Gasteiger partial charge in [0.25, 0.3) is 5.91 Å². The van der Waals surface area contributed by atoms with Gasteiger partial charge in [-0.25, -0.2) is 0 Å². The van der Waals surface area contributed by atoms with Crippen LogP contribution in [0.2, 0.25) is 10.0 Å². The summed E-state index contributed by atoms with van der Waals surface area (Å²) < 4.78 is 11.6. The van der Waals surface area contributed by atoms with Crippen molar-refractivity contribution in [3.05, 3.63) is 88.4 Å². The molecule has 0 fully saturated rings. The third-order valence-electron chi connectivity index (χ3n) is 3.95. The fourth-order valence-electron chi connectivity index (χ4n) is 2.65. The molecule has 0 aliphatic rings. The summed E-state index contributed by atoms with van der Waals surface area (Å²) in [6.07, 6.45) is -0.924. The number of hydrogen-bond acceptors (Lipinski definition) is 3. The van der Waals surface area contributed by atoms with Gasteiger partial charge in [0.15, 0.2) is 0 Å². The summed E-state index contributed by atoms with van der Waals surface area (Å²) in [5, 5.41) is 3.49. The van der Waals surface area contributed by atoms with Crippen LogP contribution in [0.3, 0.4) is 0 Å². The SMILES string of the molecule is CCOc1ccccc1NC(=O)[C@H](Oc1cccc(Cl)c1Cl)c1ccccc1. The highest BCUT2D eigenvalue weighted by atomic mass is 35.5. The van der Waals surface area contributed by atoms with Crippen molar-refractivity contribution >= 4 is 34.8 Å². The van der Waals surface area contributed by atoms with Crippen molar-refractivity contribution in [1.29, 1.82) is 0 Å². The van der Waals surface area contributed by atoms with Crippen molar-refractivity contribution < 1.29 is 14.3 Å². The molecule has 1 atom stereocenters. The normalized spacial score (nSPS) is 11.5. The molecule has 0 unspecified atom stereocenters. The molecule has 6 heteroatoms. The van der Waals surface area contributed by atoms with Crippen LogP contribution in [0.25, 0.3) is 0 Å². The Kier molecular flexibility index (Phi) is 6.80. The van der Waals surface area contributed by atoms with E-state index in [0.717, 1.165) is 0 Å². The maximum atomic E-state index is 13.1. The van der Waals surface area contributed by atoms with Crippen LogP contribution in [-0.2, 0) is 4.79 Å². The number of hydrogen-bond donors (Lipinski definition) is 1. The van der Waals surface area contributed by atoms with Crippen LogP contribution in [0.4, 0.5) is 5.69 Å². The van der Waals surface area contributed by atoms with Gasteiger partial charge in [-0.05, 0) is 31.2 Å². The lowest BCUT2D eigenvalue weighted by Gasteiger charge is -2.21. The molecular weight excluding hydrogens is 397 g/mol. The van der Waals surface area contributed by atoms with Gasteiger partial charge in [-0.3, -0.25) is 4.79 Å². The zero-order chi connectivity index (χ0) is 19.9. The number of nitrogens with one attached hydrogen (secondary N) is 1. The van der Waals surface area contributed by atoms with Crippen LogP contribution >= 0.6 is 23.2 Å². The van der Waals surface area contributed by atoms with Gasteiger partial charge < -0.3 is 14.8 Å². The number of rotatable bonds is 7. The van der Waals surface area contributed by atoms with Crippen molar-refractivity contribution in [2.45, 2.75) is 13.0 Å². The number of carbonyl (C=O) groups is 1. The number of carbonyl (C=O) groups excluding carboxylic acids is 1.